The number of nitrogens with one attached hydrogen (secondary N) is 1. The number of carbonyl (C=O) groups is 2. The number of amides is 2. The fourth-order valence-electron chi connectivity index (χ4n) is 2.85. The molecule has 0 spiro atoms. The highest BCUT2D eigenvalue weighted by Gasteiger charge is 2.27. The van der Waals surface area contributed by atoms with Crippen molar-refractivity contribution in [3.8, 4) is 0 Å². The van der Waals surface area contributed by atoms with Crippen molar-refractivity contribution in [2.24, 2.45) is 5.92 Å². The quantitative estimate of drug-likeness (QED) is 0.775. The second kappa shape index (κ2) is 7.61. The average Bonchev–Trinajstić information content (AvgIpc) is 2.48. The molecular formula is C14H25N3O4. The van der Waals surface area contributed by atoms with Crippen LogP contribution in [0.2, 0.25) is 0 Å². The zero-order valence-corrected chi connectivity index (χ0v) is 12.6. The van der Waals surface area contributed by atoms with Crippen LogP contribution in [0.3, 0.4) is 0 Å². The number of likely N-dealkylation sites (tertiary alicyclic amines) is 1. The van der Waals surface area contributed by atoms with Gasteiger partial charge in [-0.15, -0.1) is 0 Å². The van der Waals surface area contributed by atoms with E-state index in [0.717, 1.165) is 32.8 Å². The smallest absolute Gasteiger partial charge is 0.317 e. The van der Waals surface area contributed by atoms with Gasteiger partial charge in [0.05, 0.1) is 19.1 Å². The van der Waals surface area contributed by atoms with Gasteiger partial charge in [-0.1, -0.05) is 0 Å². The van der Waals surface area contributed by atoms with Crippen molar-refractivity contribution in [1.82, 2.24) is 15.1 Å². The lowest BCUT2D eigenvalue weighted by Crippen LogP contribution is -2.51. The van der Waals surface area contributed by atoms with Crippen LogP contribution in [-0.4, -0.2) is 78.9 Å². The lowest BCUT2D eigenvalue weighted by molar-refractivity contribution is -0.143. The Balaban J connectivity index is 1.70. The average molecular weight is 299 g/mol. The van der Waals surface area contributed by atoms with Crippen LogP contribution in [0.5, 0.6) is 0 Å². The fraction of sp³-hybridized carbons (Fsp3) is 0.857. The molecule has 2 N–H and O–H groups in total. The molecule has 1 atom stereocenters. The molecule has 0 aliphatic carbocycles. The Morgan fingerprint density at radius 1 is 1.24 bits per heavy atom. The van der Waals surface area contributed by atoms with E-state index >= 15 is 0 Å². The summed E-state index contributed by atoms with van der Waals surface area (Å²) in [5.74, 6) is -1.06. The van der Waals surface area contributed by atoms with Crippen molar-refractivity contribution in [2.45, 2.75) is 25.8 Å². The van der Waals surface area contributed by atoms with Crippen LogP contribution in [0.15, 0.2) is 0 Å². The van der Waals surface area contributed by atoms with Gasteiger partial charge >= 0.3 is 12.0 Å². The number of aliphatic carboxylic acids is 1. The van der Waals surface area contributed by atoms with Crippen molar-refractivity contribution in [3.05, 3.63) is 0 Å². The lowest BCUT2D eigenvalue weighted by atomic mass is 9.97. The number of hydrogen-bond acceptors (Lipinski definition) is 4. The summed E-state index contributed by atoms with van der Waals surface area (Å²) in [6.45, 7) is 7.18. The summed E-state index contributed by atoms with van der Waals surface area (Å²) >= 11 is 0. The maximum atomic E-state index is 12.2. The van der Waals surface area contributed by atoms with E-state index in [0.29, 0.717) is 25.9 Å². The molecular weight excluding hydrogens is 274 g/mol. The molecule has 2 amide bonds. The van der Waals surface area contributed by atoms with Crippen LogP contribution in [0.25, 0.3) is 0 Å². The molecule has 0 aromatic rings. The van der Waals surface area contributed by atoms with Gasteiger partial charge in [0.1, 0.15) is 0 Å². The van der Waals surface area contributed by atoms with Gasteiger partial charge in [0.2, 0.25) is 0 Å². The van der Waals surface area contributed by atoms with Crippen LogP contribution in [0.1, 0.15) is 19.8 Å². The van der Waals surface area contributed by atoms with E-state index in [9.17, 15) is 9.59 Å². The molecule has 0 bridgehead atoms. The molecule has 2 fully saturated rings. The predicted molar refractivity (Wildman–Crippen MR) is 77.2 cm³/mol. The van der Waals surface area contributed by atoms with E-state index in [1.807, 2.05) is 6.92 Å². The number of carboxylic acid groups (broad SMARTS) is 1. The second-order valence-corrected chi connectivity index (χ2v) is 5.86. The molecule has 0 aromatic heterocycles. The van der Waals surface area contributed by atoms with Gasteiger partial charge in [0.15, 0.2) is 0 Å². The molecule has 0 aromatic carbocycles. The SMILES string of the molecule is CC(CN1CCOCC1)NC(=O)N1CCC(C(=O)O)CC1. The Labute approximate surface area is 125 Å². The summed E-state index contributed by atoms with van der Waals surface area (Å²) in [5, 5.41) is 12.0. The largest absolute Gasteiger partial charge is 0.481 e. The topological polar surface area (TPSA) is 82.1 Å². The molecule has 2 heterocycles. The number of urea groups is 1. The number of carbonyl (C=O) groups excluding carboxylic acids is 1. The molecule has 2 aliphatic rings. The second-order valence-electron chi connectivity index (χ2n) is 5.86. The van der Waals surface area contributed by atoms with Gasteiger partial charge in [0.25, 0.3) is 0 Å². The minimum absolute atomic E-state index is 0.0767. The maximum Gasteiger partial charge on any atom is 0.317 e. The molecule has 2 aliphatic heterocycles. The molecule has 7 heteroatoms. The van der Waals surface area contributed by atoms with E-state index in [1.165, 1.54) is 0 Å². The number of carboxylic acids is 1. The van der Waals surface area contributed by atoms with E-state index in [4.69, 9.17) is 9.84 Å². The number of morpholine rings is 1. The molecule has 0 saturated carbocycles. The van der Waals surface area contributed by atoms with Crippen LogP contribution in [0.4, 0.5) is 4.79 Å². The minimum Gasteiger partial charge on any atom is -0.481 e. The third-order valence-electron chi connectivity index (χ3n) is 4.14. The van der Waals surface area contributed by atoms with Gasteiger partial charge in [-0.25, -0.2) is 4.79 Å². The molecule has 1 unspecified atom stereocenters. The molecule has 21 heavy (non-hydrogen) atoms. The Bertz CT molecular complexity index is 363. The number of ether oxygens (including phenoxy) is 1. The van der Waals surface area contributed by atoms with Crippen LogP contribution in [0, 0.1) is 5.92 Å². The van der Waals surface area contributed by atoms with Crippen molar-refractivity contribution < 1.29 is 19.4 Å². The first kappa shape index (κ1) is 16.0. The van der Waals surface area contributed by atoms with E-state index in [2.05, 4.69) is 10.2 Å². The summed E-state index contributed by atoms with van der Waals surface area (Å²) in [7, 11) is 0. The number of hydrogen-bond donors (Lipinski definition) is 2. The zero-order valence-electron chi connectivity index (χ0n) is 12.6. The first-order valence-electron chi connectivity index (χ1n) is 7.64. The summed E-state index contributed by atoms with van der Waals surface area (Å²) in [6, 6.07) is -0.00704. The molecule has 120 valence electrons. The van der Waals surface area contributed by atoms with E-state index in [-0.39, 0.29) is 18.0 Å². The van der Waals surface area contributed by atoms with Crippen LogP contribution < -0.4 is 5.32 Å². The first-order chi connectivity index (χ1) is 10.1. The highest BCUT2D eigenvalue weighted by Crippen LogP contribution is 2.17. The highest BCUT2D eigenvalue weighted by atomic mass is 16.5. The van der Waals surface area contributed by atoms with Gasteiger partial charge in [0, 0.05) is 38.8 Å². The number of piperidine rings is 1. The van der Waals surface area contributed by atoms with E-state index in [1.54, 1.807) is 4.90 Å². The predicted octanol–water partition coefficient (Wildman–Crippen LogP) is 0.213. The third kappa shape index (κ3) is 4.86. The van der Waals surface area contributed by atoms with Crippen molar-refractivity contribution in [2.75, 3.05) is 45.9 Å². The molecule has 7 nitrogen and oxygen atoms in total. The summed E-state index contributed by atoms with van der Waals surface area (Å²) in [5.41, 5.74) is 0. The summed E-state index contributed by atoms with van der Waals surface area (Å²) in [4.78, 5) is 27.0. The number of nitrogens with zero attached hydrogens (tertiary/aromatic N) is 2. The summed E-state index contributed by atoms with van der Waals surface area (Å²) < 4.78 is 5.30. The Morgan fingerprint density at radius 3 is 2.43 bits per heavy atom. The van der Waals surface area contributed by atoms with Crippen molar-refractivity contribution in [3.63, 3.8) is 0 Å². The lowest BCUT2D eigenvalue weighted by Gasteiger charge is -2.33. The zero-order chi connectivity index (χ0) is 15.2. The standard InChI is InChI=1S/C14H25N3O4/c1-11(10-16-6-8-21-9-7-16)15-14(20)17-4-2-12(3-5-17)13(18)19/h11-12H,2-10H2,1H3,(H,15,20)(H,18,19). The van der Waals surface area contributed by atoms with E-state index < -0.39 is 5.97 Å². The summed E-state index contributed by atoms with van der Waals surface area (Å²) in [6.07, 6.45) is 1.08. The highest BCUT2D eigenvalue weighted by molar-refractivity contribution is 5.75. The Morgan fingerprint density at radius 2 is 1.86 bits per heavy atom. The molecule has 2 rings (SSSR count). The van der Waals surface area contributed by atoms with Crippen LogP contribution in [-0.2, 0) is 9.53 Å². The van der Waals surface area contributed by atoms with Gasteiger partial charge in [-0.3, -0.25) is 9.69 Å². The Kier molecular flexibility index (Phi) is 5.81. The first-order valence-corrected chi connectivity index (χ1v) is 7.64. The fourth-order valence-corrected chi connectivity index (χ4v) is 2.85. The van der Waals surface area contributed by atoms with Crippen molar-refractivity contribution in [1.29, 1.82) is 0 Å². The third-order valence-corrected chi connectivity index (χ3v) is 4.14. The number of rotatable bonds is 4. The van der Waals surface area contributed by atoms with Crippen LogP contribution >= 0.6 is 0 Å². The van der Waals surface area contributed by atoms with Crippen molar-refractivity contribution >= 4 is 12.0 Å². The van der Waals surface area contributed by atoms with Gasteiger partial charge < -0.3 is 20.1 Å². The Hall–Kier alpha value is -1.34. The normalized spacial score (nSPS) is 22.8. The molecule has 0 radical (unpaired) electrons. The van der Waals surface area contributed by atoms with Gasteiger partial charge in [-0.2, -0.15) is 0 Å². The maximum absolute atomic E-state index is 12.2. The minimum atomic E-state index is -0.754. The monoisotopic (exact) mass is 299 g/mol. The van der Waals surface area contributed by atoms with Gasteiger partial charge in [-0.05, 0) is 19.8 Å². The molecule has 2 saturated heterocycles.